The number of guanidine groups is 1. The van der Waals surface area contributed by atoms with Gasteiger partial charge in [-0.15, -0.1) is 0 Å². The Morgan fingerprint density at radius 1 is 1.46 bits per heavy atom. The number of aliphatic imine (C=N–C) groups is 1. The Morgan fingerprint density at radius 3 is 2.38 bits per heavy atom. The maximum atomic E-state index is 10.2. The van der Waals surface area contributed by atoms with Gasteiger partial charge in [-0.1, -0.05) is 0 Å². The zero-order valence-electron chi connectivity index (χ0n) is 7.44. The molecule has 0 fully saturated rings. The topological polar surface area (TPSA) is 128 Å². The summed E-state index contributed by atoms with van der Waals surface area (Å²) in [5, 5.41) is 8.38. The summed E-state index contributed by atoms with van der Waals surface area (Å²) < 4.78 is 0. The molecule has 0 aromatic rings. The zero-order valence-corrected chi connectivity index (χ0v) is 9.65. The van der Waals surface area contributed by atoms with Crippen LogP contribution in [0.1, 0.15) is 12.8 Å². The van der Waals surface area contributed by atoms with Crippen LogP contribution in [0.5, 0.6) is 0 Å². The van der Waals surface area contributed by atoms with E-state index in [0.29, 0.717) is 19.4 Å². The molecule has 0 rings (SSSR count). The fourth-order valence-electron chi connectivity index (χ4n) is 0.643. The van der Waals surface area contributed by atoms with Crippen molar-refractivity contribution in [2.45, 2.75) is 18.9 Å². The van der Waals surface area contributed by atoms with Crippen LogP contribution in [0.3, 0.4) is 0 Å². The van der Waals surface area contributed by atoms with Gasteiger partial charge in [0.2, 0.25) is 0 Å². The van der Waals surface area contributed by atoms with Gasteiger partial charge in [0.15, 0.2) is 5.96 Å². The molecule has 0 spiro atoms. The minimum atomic E-state index is -1.00. The van der Waals surface area contributed by atoms with Gasteiger partial charge in [0.25, 0.3) is 0 Å². The quantitative estimate of drug-likeness (QED) is 0.183. The van der Waals surface area contributed by atoms with Gasteiger partial charge in [0.05, 0.1) is 0 Å². The van der Waals surface area contributed by atoms with E-state index in [0.717, 1.165) is 0 Å². The van der Waals surface area contributed by atoms with Crippen molar-refractivity contribution >= 4 is 49.7 Å². The number of carbonyl (C=O) groups is 1. The molecule has 0 aliphatic carbocycles. The largest absolute Gasteiger partial charge is 2.00 e. The number of carboxylic acid groups (broad SMARTS) is 1. The standard InChI is InChI=1S/C6H14N4O2.Ca/c7-4(5(11)12)2-1-3-10-6(8)9;/h4H,1-3,7H2,(H,11,12)(H4,8,9,10);/q;+2. The van der Waals surface area contributed by atoms with Gasteiger partial charge in [-0.3, -0.25) is 9.79 Å². The number of hydrogen-bond donors (Lipinski definition) is 4. The molecule has 0 aliphatic heterocycles. The SMILES string of the molecule is NC(N)=NCCCC(N)C(=O)O.[Ca+2]. The minimum Gasteiger partial charge on any atom is -0.480 e. The third-order valence-electron chi connectivity index (χ3n) is 1.28. The van der Waals surface area contributed by atoms with Crippen molar-refractivity contribution in [2.24, 2.45) is 22.2 Å². The monoisotopic (exact) mass is 214 g/mol. The van der Waals surface area contributed by atoms with Crippen LogP contribution < -0.4 is 17.2 Å². The molecule has 70 valence electrons. The molecule has 0 bridgehead atoms. The van der Waals surface area contributed by atoms with Gasteiger partial charge in [-0.25, -0.2) is 0 Å². The molecule has 0 aliphatic rings. The van der Waals surface area contributed by atoms with Gasteiger partial charge in [-0.05, 0) is 12.8 Å². The van der Waals surface area contributed by atoms with Gasteiger partial charge < -0.3 is 22.3 Å². The van der Waals surface area contributed by atoms with E-state index in [1.54, 1.807) is 0 Å². The molecule has 1 unspecified atom stereocenters. The minimum absolute atomic E-state index is 0. The van der Waals surface area contributed by atoms with E-state index < -0.39 is 12.0 Å². The second kappa shape index (κ2) is 8.55. The number of nitrogens with zero attached hydrogens (tertiary/aromatic N) is 1. The predicted octanol–water partition coefficient (Wildman–Crippen LogP) is -1.93. The first kappa shape index (κ1) is 15.4. The Morgan fingerprint density at radius 2 is 2.00 bits per heavy atom. The molecule has 0 aromatic carbocycles. The van der Waals surface area contributed by atoms with Crippen LogP contribution in [0.2, 0.25) is 0 Å². The van der Waals surface area contributed by atoms with Crippen LogP contribution in [0.4, 0.5) is 0 Å². The Labute approximate surface area is 107 Å². The molecule has 0 aromatic heterocycles. The molecular formula is C6H14CaN4O2+2. The number of carboxylic acids is 1. The second-order valence-electron chi connectivity index (χ2n) is 2.39. The Hall–Kier alpha value is -0.0403. The fourth-order valence-corrected chi connectivity index (χ4v) is 0.643. The summed E-state index contributed by atoms with van der Waals surface area (Å²) >= 11 is 0. The first-order chi connectivity index (χ1) is 5.54. The number of aliphatic carboxylic acids is 1. The first-order valence-corrected chi connectivity index (χ1v) is 3.58. The molecular weight excluding hydrogens is 200 g/mol. The van der Waals surface area contributed by atoms with Crippen molar-refractivity contribution in [3.63, 3.8) is 0 Å². The van der Waals surface area contributed by atoms with Gasteiger partial charge in [-0.2, -0.15) is 0 Å². The van der Waals surface area contributed by atoms with Crippen LogP contribution in [0.25, 0.3) is 0 Å². The molecule has 0 saturated carbocycles. The van der Waals surface area contributed by atoms with E-state index in [1.165, 1.54) is 0 Å². The second-order valence-corrected chi connectivity index (χ2v) is 2.39. The van der Waals surface area contributed by atoms with E-state index in [4.69, 9.17) is 22.3 Å². The van der Waals surface area contributed by atoms with Crippen molar-refractivity contribution in [1.82, 2.24) is 0 Å². The van der Waals surface area contributed by atoms with E-state index in [9.17, 15) is 4.79 Å². The van der Waals surface area contributed by atoms with Crippen molar-refractivity contribution in [1.29, 1.82) is 0 Å². The van der Waals surface area contributed by atoms with Crippen LogP contribution in [0, 0.1) is 0 Å². The number of nitrogens with two attached hydrogens (primary N) is 3. The smallest absolute Gasteiger partial charge is 0.480 e. The molecule has 0 heterocycles. The fraction of sp³-hybridized carbons (Fsp3) is 0.667. The maximum absolute atomic E-state index is 10.2. The Kier molecular flexibility index (Phi) is 10.2. The summed E-state index contributed by atoms with van der Waals surface area (Å²) in [6, 6.07) is -0.820. The van der Waals surface area contributed by atoms with Gasteiger partial charge in [0, 0.05) is 6.54 Å². The summed E-state index contributed by atoms with van der Waals surface area (Å²) in [7, 11) is 0. The first-order valence-electron chi connectivity index (χ1n) is 3.58. The molecule has 6 nitrogen and oxygen atoms in total. The summed E-state index contributed by atoms with van der Waals surface area (Å²) in [6.45, 7) is 0.420. The van der Waals surface area contributed by atoms with Crippen molar-refractivity contribution in [3.8, 4) is 0 Å². The maximum Gasteiger partial charge on any atom is 2.00 e. The van der Waals surface area contributed by atoms with Gasteiger partial charge >= 0.3 is 43.7 Å². The van der Waals surface area contributed by atoms with Gasteiger partial charge in [0.1, 0.15) is 6.04 Å². The van der Waals surface area contributed by atoms with Crippen molar-refractivity contribution in [3.05, 3.63) is 0 Å². The van der Waals surface area contributed by atoms with E-state index in [2.05, 4.69) is 4.99 Å². The zero-order chi connectivity index (χ0) is 9.56. The normalized spacial score (nSPS) is 11.2. The summed E-state index contributed by atoms with van der Waals surface area (Å²) in [4.78, 5) is 13.9. The predicted molar refractivity (Wildman–Crippen MR) is 51.3 cm³/mol. The molecule has 0 amide bonds. The molecule has 0 saturated heterocycles. The van der Waals surface area contributed by atoms with Crippen molar-refractivity contribution < 1.29 is 9.90 Å². The summed E-state index contributed by atoms with van der Waals surface area (Å²) in [5.74, 6) is -0.987. The van der Waals surface area contributed by atoms with E-state index in [-0.39, 0.29) is 43.7 Å². The average molecular weight is 214 g/mol. The molecule has 7 heteroatoms. The van der Waals surface area contributed by atoms with Crippen LogP contribution >= 0.6 is 0 Å². The summed E-state index contributed by atoms with van der Waals surface area (Å²) in [6.07, 6.45) is 0.956. The van der Waals surface area contributed by atoms with Crippen LogP contribution in [0.15, 0.2) is 4.99 Å². The molecule has 0 radical (unpaired) electrons. The Bertz CT molecular complexity index is 181. The average Bonchev–Trinajstić information content (AvgIpc) is 1.97. The van der Waals surface area contributed by atoms with E-state index >= 15 is 0 Å². The third-order valence-corrected chi connectivity index (χ3v) is 1.28. The van der Waals surface area contributed by atoms with Crippen LogP contribution in [-0.4, -0.2) is 67.4 Å². The van der Waals surface area contributed by atoms with Crippen LogP contribution in [-0.2, 0) is 4.79 Å². The molecule has 13 heavy (non-hydrogen) atoms. The number of hydrogen-bond acceptors (Lipinski definition) is 3. The summed E-state index contributed by atoms with van der Waals surface area (Å²) in [5.41, 5.74) is 15.3. The molecule has 7 N–H and O–H groups in total. The number of rotatable bonds is 5. The molecule has 1 atom stereocenters. The van der Waals surface area contributed by atoms with Crippen molar-refractivity contribution in [2.75, 3.05) is 6.54 Å². The van der Waals surface area contributed by atoms with E-state index in [1.807, 2.05) is 0 Å². The Balaban J connectivity index is 0. The third kappa shape index (κ3) is 9.88.